The van der Waals surface area contributed by atoms with Crippen molar-refractivity contribution in [3.63, 3.8) is 0 Å². The molecule has 0 radical (unpaired) electrons. The lowest BCUT2D eigenvalue weighted by molar-refractivity contribution is -0.121. The normalized spacial score (nSPS) is 20.5. The van der Waals surface area contributed by atoms with Gasteiger partial charge in [-0.15, -0.1) is 0 Å². The molecular weight excluding hydrogens is 202 g/mol. The van der Waals surface area contributed by atoms with Crippen molar-refractivity contribution in [2.75, 3.05) is 11.4 Å². The first-order valence-electron chi connectivity index (χ1n) is 5.76. The molecule has 16 heavy (non-hydrogen) atoms. The van der Waals surface area contributed by atoms with Gasteiger partial charge in [-0.3, -0.25) is 4.79 Å². The van der Waals surface area contributed by atoms with Crippen molar-refractivity contribution in [3.05, 3.63) is 23.8 Å². The van der Waals surface area contributed by atoms with Crippen molar-refractivity contribution in [2.24, 2.45) is 5.92 Å². The second-order valence-corrected chi connectivity index (χ2v) is 4.34. The molecule has 1 aromatic carbocycles. The second kappa shape index (κ2) is 4.16. The van der Waals surface area contributed by atoms with Gasteiger partial charge in [-0.25, -0.2) is 0 Å². The van der Waals surface area contributed by atoms with E-state index < -0.39 is 0 Å². The molecule has 2 rings (SSSR count). The minimum Gasteiger partial charge on any atom is -0.508 e. The topological polar surface area (TPSA) is 40.5 Å². The van der Waals surface area contributed by atoms with E-state index in [1.807, 2.05) is 19.9 Å². The first kappa shape index (κ1) is 11.0. The molecule has 0 bridgehead atoms. The minimum atomic E-state index is 0.0643. The van der Waals surface area contributed by atoms with Gasteiger partial charge in [0.15, 0.2) is 0 Å². The van der Waals surface area contributed by atoms with E-state index in [4.69, 9.17) is 0 Å². The van der Waals surface area contributed by atoms with Crippen molar-refractivity contribution in [1.82, 2.24) is 0 Å². The van der Waals surface area contributed by atoms with Crippen LogP contribution in [-0.2, 0) is 11.2 Å². The Kier molecular flexibility index (Phi) is 2.86. The summed E-state index contributed by atoms with van der Waals surface area (Å²) in [5, 5.41) is 9.51. The van der Waals surface area contributed by atoms with Crippen LogP contribution < -0.4 is 4.90 Å². The number of fused-ring (bicyclic) bond motifs is 1. The third kappa shape index (κ3) is 1.77. The van der Waals surface area contributed by atoms with Gasteiger partial charge in [0.1, 0.15) is 5.75 Å². The molecule has 0 aromatic heterocycles. The van der Waals surface area contributed by atoms with Gasteiger partial charge in [0.05, 0.1) is 5.69 Å². The van der Waals surface area contributed by atoms with Gasteiger partial charge in [-0.2, -0.15) is 0 Å². The molecule has 1 aromatic rings. The summed E-state index contributed by atoms with van der Waals surface area (Å²) < 4.78 is 0. The van der Waals surface area contributed by atoms with Crippen molar-refractivity contribution >= 4 is 11.6 Å². The Bertz CT molecular complexity index is 414. The van der Waals surface area contributed by atoms with Gasteiger partial charge in [0.25, 0.3) is 0 Å². The van der Waals surface area contributed by atoms with Crippen LogP contribution in [0.3, 0.4) is 0 Å². The number of rotatable bonds is 1. The van der Waals surface area contributed by atoms with E-state index in [1.54, 1.807) is 17.0 Å². The van der Waals surface area contributed by atoms with E-state index in [9.17, 15) is 9.90 Å². The lowest BCUT2D eigenvalue weighted by atomic mass is 10.0. The predicted molar refractivity (Wildman–Crippen MR) is 63.6 cm³/mol. The SMILES string of the molecule is CCN1C(=O)C(C)CCc2ccc(O)cc21. The Morgan fingerprint density at radius 1 is 1.50 bits per heavy atom. The average molecular weight is 219 g/mol. The van der Waals surface area contributed by atoms with E-state index in [2.05, 4.69) is 0 Å². The third-order valence-corrected chi connectivity index (χ3v) is 3.21. The highest BCUT2D eigenvalue weighted by Gasteiger charge is 2.26. The number of phenols is 1. The maximum Gasteiger partial charge on any atom is 0.229 e. The molecule has 0 saturated carbocycles. The summed E-state index contributed by atoms with van der Waals surface area (Å²) in [6.45, 7) is 4.58. The van der Waals surface area contributed by atoms with E-state index in [-0.39, 0.29) is 17.6 Å². The van der Waals surface area contributed by atoms with Crippen LogP contribution in [0.2, 0.25) is 0 Å². The molecule has 0 aliphatic carbocycles. The van der Waals surface area contributed by atoms with E-state index in [0.29, 0.717) is 6.54 Å². The summed E-state index contributed by atoms with van der Waals surface area (Å²) >= 11 is 0. The average Bonchev–Trinajstić information content (AvgIpc) is 2.38. The fourth-order valence-corrected chi connectivity index (χ4v) is 2.22. The van der Waals surface area contributed by atoms with Crippen LogP contribution in [0.1, 0.15) is 25.8 Å². The fourth-order valence-electron chi connectivity index (χ4n) is 2.22. The molecule has 86 valence electrons. The number of hydrogen-bond donors (Lipinski definition) is 1. The van der Waals surface area contributed by atoms with Gasteiger partial charge >= 0.3 is 0 Å². The number of carbonyl (C=O) groups excluding carboxylic acids is 1. The molecule has 0 saturated heterocycles. The molecule has 0 fully saturated rings. The molecular formula is C13H17NO2. The Morgan fingerprint density at radius 2 is 2.25 bits per heavy atom. The number of carbonyl (C=O) groups is 1. The zero-order valence-corrected chi connectivity index (χ0v) is 9.73. The molecule has 1 amide bonds. The molecule has 1 heterocycles. The zero-order valence-electron chi connectivity index (χ0n) is 9.73. The standard InChI is InChI=1S/C13H17NO2/c1-3-14-12-8-11(15)7-6-10(12)5-4-9(2)13(14)16/h6-9,15H,3-5H2,1-2H3. The van der Waals surface area contributed by atoms with Crippen molar-refractivity contribution in [3.8, 4) is 5.75 Å². The second-order valence-electron chi connectivity index (χ2n) is 4.34. The smallest absolute Gasteiger partial charge is 0.229 e. The van der Waals surface area contributed by atoms with Crippen LogP contribution in [0, 0.1) is 5.92 Å². The number of aromatic hydroxyl groups is 1. The number of anilines is 1. The maximum absolute atomic E-state index is 12.1. The zero-order chi connectivity index (χ0) is 11.7. The van der Waals surface area contributed by atoms with Crippen LogP contribution in [0.4, 0.5) is 5.69 Å². The highest BCUT2D eigenvalue weighted by atomic mass is 16.3. The quantitative estimate of drug-likeness (QED) is 0.787. The lowest BCUT2D eigenvalue weighted by Crippen LogP contribution is -2.34. The van der Waals surface area contributed by atoms with E-state index in [0.717, 1.165) is 24.1 Å². The molecule has 1 aliphatic rings. The number of aryl methyl sites for hydroxylation is 1. The molecule has 1 unspecified atom stereocenters. The summed E-state index contributed by atoms with van der Waals surface area (Å²) in [6.07, 6.45) is 1.78. The van der Waals surface area contributed by atoms with Gasteiger partial charge in [-0.05, 0) is 31.4 Å². The summed E-state index contributed by atoms with van der Waals surface area (Å²) in [7, 11) is 0. The van der Waals surface area contributed by atoms with E-state index >= 15 is 0 Å². The number of nitrogens with zero attached hydrogens (tertiary/aromatic N) is 1. The van der Waals surface area contributed by atoms with Crippen LogP contribution >= 0.6 is 0 Å². The summed E-state index contributed by atoms with van der Waals surface area (Å²) in [5.74, 6) is 0.445. The maximum atomic E-state index is 12.1. The molecule has 3 heteroatoms. The Morgan fingerprint density at radius 3 is 2.94 bits per heavy atom. The largest absolute Gasteiger partial charge is 0.508 e. The molecule has 1 N–H and O–H groups in total. The predicted octanol–water partition coefficient (Wildman–Crippen LogP) is 2.33. The number of hydrogen-bond acceptors (Lipinski definition) is 2. The molecule has 1 aliphatic heterocycles. The highest BCUT2D eigenvalue weighted by molar-refractivity contribution is 5.96. The van der Waals surface area contributed by atoms with Crippen LogP contribution in [-0.4, -0.2) is 17.6 Å². The van der Waals surface area contributed by atoms with Crippen molar-refractivity contribution in [1.29, 1.82) is 0 Å². The molecule has 0 spiro atoms. The van der Waals surface area contributed by atoms with Crippen molar-refractivity contribution in [2.45, 2.75) is 26.7 Å². The van der Waals surface area contributed by atoms with Gasteiger partial charge < -0.3 is 10.0 Å². The molecule has 1 atom stereocenters. The number of amides is 1. The minimum absolute atomic E-state index is 0.0643. The van der Waals surface area contributed by atoms with Gasteiger partial charge in [-0.1, -0.05) is 13.0 Å². The first-order chi connectivity index (χ1) is 7.63. The fraction of sp³-hybridized carbons (Fsp3) is 0.462. The van der Waals surface area contributed by atoms with Gasteiger partial charge in [0.2, 0.25) is 5.91 Å². The monoisotopic (exact) mass is 219 g/mol. The van der Waals surface area contributed by atoms with Crippen LogP contribution in [0.15, 0.2) is 18.2 Å². The molecule has 3 nitrogen and oxygen atoms in total. The third-order valence-electron chi connectivity index (χ3n) is 3.21. The Labute approximate surface area is 95.7 Å². The summed E-state index contributed by atoms with van der Waals surface area (Å²) in [6, 6.07) is 5.29. The summed E-state index contributed by atoms with van der Waals surface area (Å²) in [4.78, 5) is 13.9. The Hall–Kier alpha value is -1.51. The first-order valence-corrected chi connectivity index (χ1v) is 5.76. The lowest BCUT2D eigenvalue weighted by Gasteiger charge is -2.23. The summed E-state index contributed by atoms with van der Waals surface area (Å²) in [5.41, 5.74) is 2.02. The van der Waals surface area contributed by atoms with Gasteiger partial charge in [0, 0.05) is 18.5 Å². The van der Waals surface area contributed by atoms with Crippen LogP contribution in [0.25, 0.3) is 0 Å². The number of benzene rings is 1. The number of phenolic OH excluding ortho intramolecular Hbond substituents is 1. The van der Waals surface area contributed by atoms with Crippen LogP contribution in [0.5, 0.6) is 5.75 Å². The Balaban J connectivity index is 2.50. The van der Waals surface area contributed by atoms with E-state index in [1.165, 1.54) is 0 Å². The van der Waals surface area contributed by atoms with Crippen molar-refractivity contribution < 1.29 is 9.90 Å². The highest BCUT2D eigenvalue weighted by Crippen LogP contribution is 2.31.